The Balaban J connectivity index is 0.000000173. The van der Waals surface area contributed by atoms with Crippen LogP contribution in [0.4, 0.5) is 0 Å². The predicted molar refractivity (Wildman–Crippen MR) is 430 cm³/mol. The minimum absolute atomic E-state index is 0.00375. The van der Waals surface area contributed by atoms with Crippen molar-refractivity contribution >= 4 is 29.8 Å². The van der Waals surface area contributed by atoms with Crippen LogP contribution in [0.2, 0.25) is 0 Å². The minimum atomic E-state index is -1.82. The van der Waals surface area contributed by atoms with Crippen molar-refractivity contribution in [2.45, 2.75) is 199 Å². The first-order valence-corrected chi connectivity index (χ1v) is 41.4. The molecule has 0 radical (unpaired) electrons. The Bertz CT molecular complexity index is 4620. The lowest BCUT2D eigenvalue weighted by Gasteiger charge is -2.46. The molecule has 11 heterocycles. The summed E-state index contributed by atoms with van der Waals surface area (Å²) in [4.78, 5) is 61.8. The summed E-state index contributed by atoms with van der Waals surface area (Å²) in [5, 5.41) is 220. The Labute approximate surface area is 745 Å². The summed E-state index contributed by atoms with van der Waals surface area (Å²) in [6.45, 7) is 10.8. The maximum Gasteiger partial charge on any atom is 0.343 e. The molecule has 7 fully saturated rings. The van der Waals surface area contributed by atoms with Gasteiger partial charge in [0.05, 0.1) is 108 Å². The Hall–Kier alpha value is -9.91. The van der Waals surface area contributed by atoms with Crippen LogP contribution in [0, 0.1) is 35.5 Å². The highest BCUT2D eigenvalue weighted by Gasteiger charge is 2.57. The average molecular weight is 1860 g/mol. The lowest BCUT2D eigenvalue weighted by molar-refractivity contribution is -0.344. The van der Waals surface area contributed by atoms with Gasteiger partial charge < -0.3 is 198 Å². The Morgan fingerprint density at radius 2 is 1.02 bits per heavy atom. The fraction of sp³-hybridized carbons (Fsp3) is 0.547. The van der Waals surface area contributed by atoms with Gasteiger partial charge in [0, 0.05) is 59.6 Å². The lowest BCUT2D eigenvalue weighted by Crippen LogP contribution is -2.61. The summed E-state index contributed by atoms with van der Waals surface area (Å²) in [6, 6.07) is 12.1. The lowest BCUT2D eigenvalue weighted by atomic mass is 9.76. The molecule has 0 aromatic heterocycles. The van der Waals surface area contributed by atoms with E-state index in [0.29, 0.717) is 41.5 Å². The number of benzene rings is 3. The highest BCUT2D eigenvalue weighted by Crippen LogP contribution is 2.46. The number of cyclic esters (lactones) is 3. The number of ether oxygens (including phenoxy) is 18. The highest BCUT2D eigenvalue weighted by atomic mass is 16.8. The zero-order chi connectivity index (χ0) is 95.3. The number of aliphatic hydroxyl groups is 17. The van der Waals surface area contributed by atoms with Crippen molar-refractivity contribution in [2.24, 2.45) is 35.5 Å². The van der Waals surface area contributed by atoms with E-state index in [2.05, 4.69) is 19.7 Å². The van der Waals surface area contributed by atoms with Gasteiger partial charge in [0.2, 0.25) is 31.5 Å². The van der Waals surface area contributed by atoms with Gasteiger partial charge in [-0.3, -0.25) is 0 Å². The fourth-order valence-corrected chi connectivity index (χ4v) is 16.3. The molecule has 11 aliphatic heterocycles. The summed E-state index contributed by atoms with van der Waals surface area (Å²) < 4.78 is 97.4. The maximum atomic E-state index is 13.5. The first-order chi connectivity index (χ1) is 62.5. The molecule has 0 aliphatic carbocycles. The van der Waals surface area contributed by atoms with E-state index < -0.39 is 251 Å². The topological polar surface area (TPSA) is 697 Å². The molecular weight excluding hydrogens is 1750 g/mol. The number of hydrogen-bond acceptors (Lipinski definition) is 45. The van der Waals surface area contributed by atoms with Crippen molar-refractivity contribution in [3.8, 4) is 39.9 Å². The number of hydrogen-bond donors (Lipinski definition) is 22. The number of aliphatic hydroxyl groups excluding tert-OH is 16. The second kappa shape index (κ2) is 45.2. The Kier molecular flexibility index (Phi) is 35.1. The molecule has 0 amide bonds. The van der Waals surface area contributed by atoms with Crippen LogP contribution in [-0.4, -0.2) is 362 Å². The van der Waals surface area contributed by atoms with E-state index in [1.54, 1.807) is 25.1 Å². The Morgan fingerprint density at radius 3 is 1.53 bits per heavy atom. The van der Waals surface area contributed by atoms with Crippen LogP contribution in [0.3, 0.4) is 0 Å². The van der Waals surface area contributed by atoms with Crippen LogP contribution in [-0.2, 0) is 111 Å². The number of carbonyl (C=O) groups is 5. The number of aromatic hydroxyl groups is 5. The first-order valence-electron chi connectivity index (χ1n) is 41.4. The summed E-state index contributed by atoms with van der Waals surface area (Å²) in [6.07, 6.45) is -24.0. The van der Waals surface area contributed by atoms with Gasteiger partial charge in [-0.25, -0.2) is 24.0 Å². The number of rotatable bonds is 25. The van der Waals surface area contributed by atoms with Crippen molar-refractivity contribution in [1.29, 1.82) is 0 Å². The SMILES string of the molecule is C/C=C1/[C@H](O[C@@H]2O[C@H](CO)[C@@H](O)[C@H](O)[C@H]2O)OC=C(C(=O)OC)[C@H]1CC(O)OCCc1ccc(O)c(O)c1.C=C[C@H]1[C@H](O[C@@H]2O[C@H](CO)[C@@H](O)[C@H](O)[C@H]2O)OC=C2C(=O)OCC[C@H]21.C=C[C@H]1[C@H](O[C@@H]2O[C@H](CO)[C@@H](O)[C@H](O)[C@H]2O)OC=C2C(=O)OCC[C@]21O.C=C[C@H]1[C@H](O[C@@H]2O[C@H](CO)[C@@H](O)[C@H](O)[C@H]2OC(=O)c2c(O)cc(O)cc2-c2cccc(O)c2)OC=C2C(=O)OCC[C@H]21. The summed E-state index contributed by atoms with van der Waals surface area (Å²) >= 11 is 0. The maximum absolute atomic E-state index is 13.5. The molecule has 22 N–H and O–H groups in total. The number of phenols is 5. The van der Waals surface area contributed by atoms with Crippen LogP contribution in [0.1, 0.15) is 48.5 Å². The summed E-state index contributed by atoms with van der Waals surface area (Å²) in [5.74, 6) is -8.59. The number of phenolic OH excluding ortho intramolecular Hbond substituents is 5. The van der Waals surface area contributed by atoms with E-state index in [0.717, 1.165) is 18.6 Å². The van der Waals surface area contributed by atoms with Crippen molar-refractivity contribution < 1.29 is 222 Å². The molecule has 0 saturated carbocycles. The molecule has 7 saturated heterocycles. The molecule has 3 aromatic rings. The molecule has 722 valence electrons. The second-order valence-corrected chi connectivity index (χ2v) is 31.6. The molecule has 11 aliphatic rings. The van der Waals surface area contributed by atoms with Gasteiger partial charge in [0.25, 0.3) is 0 Å². The largest absolute Gasteiger partial charge is 0.508 e. The van der Waals surface area contributed by atoms with Gasteiger partial charge in [0.1, 0.15) is 126 Å². The molecule has 0 spiro atoms. The van der Waals surface area contributed by atoms with Crippen LogP contribution < -0.4 is 0 Å². The van der Waals surface area contributed by atoms with Gasteiger partial charge >= 0.3 is 29.8 Å². The number of allylic oxidation sites excluding steroid dienone is 1. The molecule has 14 rings (SSSR count). The van der Waals surface area contributed by atoms with Gasteiger partial charge in [-0.05, 0) is 67.6 Å². The van der Waals surface area contributed by atoms with Crippen LogP contribution in [0.15, 0.2) is 152 Å². The van der Waals surface area contributed by atoms with E-state index in [-0.39, 0.29) is 96.4 Å². The average Bonchev–Trinajstić information content (AvgIpc) is 0.743. The Morgan fingerprint density at radius 1 is 0.519 bits per heavy atom. The van der Waals surface area contributed by atoms with Gasteiger partial charge in [0.15, 0.2) is 42.8 Å². The van der Waals surface area contributed by atoms with Crippen molar-refractivity contribution in [1.82, 2.24) is 0 Å². The zero-order valence-electron chi connectivity index (χ0n) is 70.3. The van der Waals surface area contributed by atoms with Crippen molar-refractivity contribution in [2.75, 3.05) is 60.0 Å². The van der Waals surface area contributed by atoms with Crippen LogP contribution >= 0.6 is 0 Å². The van der Waals surface area contributed by atoms with Gasteiger partial charge in [-0.2, -0.15) is 0 Å². The van der Waals surface area contributed by atoms with Crippen LogP contribution in [0.5, 0.6) is 28.7 Å². The number of carbonyl (C=O) groups excluding carboxylic acids is 5. The predicted octanol–water partition coefficient (Wildman–Crippen LogP) is -3.85. The first kappa shape index (κ1) is 102. The molecule has 1 unspecified atom stereocenters. The third-order valence-corrected chi connectivity index (χ3v) is 23.6. The standard InChI is InChI=1S/C29H30O13.C25H34O13.C16H22O10.C16H22O9/c1-2-16-17-6-7-38-26(36)19(17)12-39-28(16)42-29-25(24(35)23(34)21(11-30)40-29)41-27(37)22-18(9-15(32)10-20(22)33)13-4-3-5-14(31)8-13;1-3-13-14(9-19(29)35-7-6-12-4-5-16(27)17(28)8-12)15(23(33)34-2)11-36-24(13)38-25-22(32)21(31)20(30)18(10-26)37-25;1-2-7-14(24-6-8-13(21)23-4-3-16(7,8)22)26-15-12(20)11(19)10(18)9(5-17)25-15;1-2-7-8-3-4-22-14(21)9(8)6-23-15(7)25-16-13(20)12(19)11(18)10(5-17)24-16/h2-5,8-10,12,16-17,21,23-25,28-35H,1,6-7,11H2;3-5,8,11,14,18-22,24-32H,6-7,9-10H2,1-2H3;2,6-7,9-12,14-15,17-20,22H,1,3-5H2;2,6-8,10-13,15-20H,1,3-5H2/b;13-3+;;/t16-,17+,21-,23-,24+,25-,28+,29+;14-,18+,19?,20+,21-,22+,24-,25-;7-,9+,10+,11-,12+,14-,15-,16+;7-,8+,10-,11-,12+,13-,15+,16+/m1001/s1. The van der Waals surface area contributed by atoms with E-state index >= 15 is 0 Å². The van der Waals surface area contributed by atoms with Gasteiger partial charge in [-0.15, -0.1) is 19.7 Å². The number of esters is 5. The monoisotopic (exact) mass is 1860 g/mol. The normalized spacial score (nSPS) is 36.5. The summed E-state index contributed by atoms with van der Waals surface area (Å²) in [5.41, 5.74) is -0.0957. The molecular formula is C86H108O45. The van der Waals surface area contributed by atoms with Crippen molar-refractivity contribution in [3.63, 3.8) is 0 Å². The van der Waals surface area contributed by atoms with Crippen molar-refractivity contribution in [3.05, 3.63) is 163 Å². The zero-order valence-corrected chi connectivity index (χ0v) is 70.3. The minimum Gasteiger partial charge on any atom is -0.508 e. The van der Waals surface area contributed by atoms with Gasteiger partial charge in [-0.1, -0.05) is 42.5 Å². The molecule has 32 atom stereocenters. The third-order valence-electron chi connectivity index (χ3n) is 23.6. The smallest absolute Gasteiger partial charge is 0.343 e. The van der Waals surface area contributed by atoms with E-state index in [4.69, 9.17) is 85.3 Å². The van der Waals surface area contributed by atoms with E-state index in [1.165, 1.54) is 74.3 Å². The number of fused-ring (bicyclic) bond motifs is 3. The molecule has 131 heavy (non-hydrogen) atoms. The molecule has 45 heteroatoms. The quantitative estimate of drug-likeness (QED) is 0.0127. The fourth-order valence-electron chi connectivity index (χ4n) is 16.3. The molecule has 3 aromatic carbocycles. The molecule has 0 bridgehead atoms. The van der Waals surface area contributed by atoms with Crippen LogP contribution in [0.25, 0.3) is 11.1 Å². The molecule has 45 nitrogen and oxygen atoms in total. The van der Waals surface area contributed by atoms with E-state index in [1.807, 2.05) is 0 Å². The van der Waals surface area contributed by atoms with E-state index in [9.17, 15) is 136 Å². The second-order valence-electron chi connectivity index (χ2n) is 31.6. The number of methoxy groups -OCH3 is 1. The summed E-state index contributed by atoms with van der Waals surface area (Å²) in [7, 11) is 1.19. The highest BCUT2D eigenvalue weighted by molar-refractivity contribution is 6.01. The third kappa shape index (κ3) is 22.6.